The van der Waals surface area contributed by atoms with Crippen LogP contribution in [0.3, 0.4) is 0 Å². The Morgan fingerprint density at radius 2 is 1.85 bits per heavy atom. The summed E-state index contributed by atoms with van der Waals surface area (Å²) in [4.78, 5) is 15.9. The minimum atomic E-state index is -0.166. The maximum atomic E-state index is 5.77. The van der Waals surface area contributed by atoms with Crippen LogP contribution in [0, 0.1) is 0 Å². The number of ether oxygens (including phenoxy) is 1. The lowest BCUT2D eigenvalue weighted by Crippen LogP contribution is -2.26. The predicted octanol–water partition coefficient (Wildman–Crippen LogP) is 5.56. The highest BCUT2D eigenvalue weighted by atomic mass is 16.7. The Morgan fingerprint density at radius 1 is 1.06 bits per heavy atom. The van der Waals surface area contributed by atoms with Gasteiger partial charge in [0.1, 0.15) is 19.8 Å². The lowest BCUT2D eigenvalue weighted by molar-refractivity contribution is 0.0672. The number of rotatable bonds is 8. The Labute approximate surface area is 195 Å². The summed E-state index contributed by atoms with van der Waals surface area (Å²) in [5, 5.41) is 12.3. The largest absolute Gasteiger partial charge is 0.470 e. The van der Waals surface area contributed by atoms with Gasteiger partial charge < -0.3 is 19.2 Å². The zero-order valence-electron chi connectivity index (χ0n) is 19.3. The molecule has 1 atom stereocenters. The van der Waals surface area contributed by atoms with Gasteiger partial charge in [-0.1, -0.05) is 78.1 Å². The van der Waals surface area contributed by atoms with E-state index in [-0.39, 0.29) is 12.0 Å². The Morgan fingerprint density at radius 3 is 2.58 bits per heavy atom. The maximum absolute atomic E-state index is 5.77. The van der Waals surface area contributed by atoms with Crippen molar-refractivity contribution in [2.24, 2.45) is 15.5 Å². The zero-order valence-corrected chi connectivity index (χ0v) is 19.3. The number of hydrogen-bond acceptors (Lipinski definition) is 7. The molecule has 1 aliphatic heterocycles. The van der Waals surface area contributed by atoms with E-state index in [0.717, 1.165) is 16.7 Å². The molecule has 0 saturated heterocycles. The van der Waals surface area contributed by atoms with Crippen molar-refractivity contribution in [2.45, 2.75) is 51.0 Å². The van der Waals surface area contributed by atoms with Crippen LogP contribution in [0.4, 0.5) is 0 Å². The average Bonchev–Trinajstić information content (AvgIpc) is 2.89. The molecule has 0 bridgehead atoms. The molecule has 1 heterocycles. The van der Waals surface area contributed by atoms with Crippen LogP contribution in [0.1, 0.15) is 73.3 Å². The standard InChI is InChI=1S/C26H31N3O4/c1-19(20-12-14-22(15-13-20)21-8-4-3-5-9-21)33-27-18-23-10-6-7-11-24(23)25(28-30-2)26-29-32-17-16-31-26/h6-7,10-15,18-19,21H,3-5,8-9,16-17H2,1-2H3/b27-18+,28-25-. The van der Waals surface area contributed by atoms with Crippen LogP contribution in [-0.2, 0) is 19.2 Å². The summed E-state index contributed by atoms with van der Waals surface area (Å²) in [6.45, 7) is 2.80. The van der Waals surface area contributed by atoms with E-state index in [2.05, 4.69) is 39.7 Å². The van der Waals surface area contributed by atoms with Gasteiger partial charge in [-0.05, 0) is 42.0 Å². The van der Waals surface area contributed by atoms with Gasteiger partial charge in [0.2, 0.25) is 0 Å². The molecule has 1 unspecified atom stereocenters. The molecule has 1 aliphatic carbocycles. The van der Waals surface area contributed by atoms with Crippen LogP contribution in [0.2, 0.25) is 0 Å². The van der Waals surface area contributed by atoms with Crippen molar-refractivity contribution in [3.8, 4) is 0 Å². The normalized spacial score (nSPS) is 18.2. The van der Waals surface area contributed by atoms with Gasteiger partial charge in [0.15, 0.2) is 12.3 Å². The Balaban J connectivity index is 1.44. The first kappa shape index (κ1) is 22.8. The number of oxime groups is 3. The molecule has 2 aliphatic rings. The van der Waals surface area contributed by atoms with Crippen LogP contribution >= 0.6 is 0 Å². The first-order valence-corrected chi connectivity index (χ1v) is 11.6. The third-order valence-corrected chi connectivity index (χ3v) is 6.06. The molecule has 0 amide bonds. The molecule has 0 radical (unpaired) electrons. The fourth-order valence-corrected chi connectivity index (χ4v) is 4.25. The lowest BCUT2D eigenvalue weighted by Gasteiger charge is -2.22. The summed E-state index contributed by atoms with van der Waals surface area (Å²) in [5.41, 5.74) is 4.52. The van der Waals surface area contributed by atoms with Crippen molar-refractivity contribution in [1.82, 2.24) is 0 Å². The molecule has 2 aromatic rings. The van der Waals surface area contributed by atoms with Gasteiger partial charge in [0.05, 0.1) is 6.21 Å². The lowest BCUT2D eigenvalue weighted by atomic mass is 9.84. The summed E-state index contributed by atoms with van der Waals surface area (Å²) in [7, 11) is 1.48. The SMILES string of the molecule is CO/N=C(\C1=NOCCO1)c1ccccc1/C=N/OC(C)c1ccc(C2CCCCC2)cc1. The van der Waals surface area contributed by atoms with Crippen molar-refractivity contribution in [3.63, 3.8) is 0 Å². The van der Waals surface area contributed by atoms with E-state index in [4.69, 9.17) is 19.2 Å². The van der Waals surface area contributed by atoms with Crippen molar-refractivity contribution >= 4 is 17.8 Å². The van der Waals surface area contributed by atoms with Gasteiger partial charge in [-0.15, -0.1) is 0 Å². The molecule has 1 fully saturated rings. The van der Waals surface area contributed by atoms with E-state index in [0.29, 0.717) is 24.8 Å². The fourth-order valence-electron chi connectivity index (χ4n) is 4.25. The quantitative estimate of drug-likeness (QED) is 0.391. The highest BCUT2D eigenvalue weighted by Crippen LogP contribution is 2.33. The monoisotopic (exact) mass is 449 g/mol. The third-order valence-electron chi connectivity index (χ3n) is 6.06. The molecule has 7 nitrogen and oxygen atoms in total. The molecule has 4 rings (SSSR count). The fraction of sp³-hybridized carbons (Fsp3) is 0.423. The Hall–Kier alpha value is -3.35. The van der Waals surface area contributed by atoms with Crippen LogP contribution in [0.15, 0.2) is 64.0 Å². The molecule has 7 heteroatoms. The average molecular weight is 450 g/mol. The first-order valence-electron chi connectivity index (χ1n) is 11.6. The highest BCUT2D eigenvalue weighted by Gasteiger charge is 2.21. The summed E-state index contributed by atoms with van der Waals surface area (Å²) >= 11 is 0. The van der Waals surface area contributed by atoms with Gasteiger partial charge in [-0.2, -0.15) is 0 Å². The summed E-state index contributed by atoms with van der Waals surface area (Å²) in [5.74, 6) is 0.973. The van der Waals surface area contributed by atoms with Gasteiger partial charge in [-0.3, -0.25) is 0 Å². The van der Waals surface area contributed by atoms with Crippen LogP contribution in [0.5, 0.6) is 0 Å². The summed E-state index contributed by atoms with van der Waals surface area (Å²) in [6.07, 6.45) is 8.14. The molecule has 33 heavy (non-hydrogen) atoms. The molecule has 0 aromatic heterocycles. The third kappa shape index (κ3) is 5.92. The minimum absolute atomic E-state index is 0.166. The maximum Gasteiger partial charge on any atom is 0.280 e. The molecule has 0 N–H and O–H groups in total. The predicted molar refractivity (Wildman–Crippen MR) is 129 cm³/mol. The van der Waals surface area contributed by atoms with E-state index >= 15 is 0 Å². The van der Waals surface area contributed by atoms with Crippen LogP contribution in [0.25, 0.3) is 0 Å². The second-order valence-corrected chi connectivity index (χ2v) is 8.27. The minimum Gasteiger partial charge on any atom is -0.470 e. The van der Waals surface area contributed by atoms with Gasteiger partial charge in [0.25, 0.3) is 5.90 Å². The molecule has 1 saturated carbocycles. The van der Waals surface area contributed by atoms with E-state index in [9.17, 15) is 0 Å². The first-order chi connectivity index (χ1) is 16.3. The van der Waals surface area contributed by atoms with Crippen molar-refractivity contribution in [1.29, 1.82) is 0 Å². The number of hydrogen-bond donors (Lipinski definition) is 0. The Kier molecular flexibility index (Phi) is 7.95. The van der Waals surface area contributed by atoms with Crippen molar-refractivity contribution < 1.29 is 19.2 Å². The summed E-state index contributed by atoms with van der Waals surface area (Å²) in [6, 6.07) is 16.4. The zero-order chi connectivity index (χ0) is 22.9. The second-order valence-electron chi connectivity index (χ2n) is 8.27. The second kappa shape index (κ2) is 11.5. The topological polar surface area (TPSA) is 74.0 Å². The smallest absolute Gasteiger partial charge is 0.280 e. The van der Waals surface area contributed by atoms with E-state index in [1.165, 1.54) is 44.8 Å². The van der Waals surface area contributed by atoms with Gasteiger partial charge >= 0.3 is 0 Å². The molecule has 0 spiro atoms. The highest BCUT2D eigenvalue weighted by molar-refractivity contribution is 6.46. The van der Waals surface area contributed by atoms with Gasteiger partial charge in [-0.25, -0.2) is 0 Å². The van der Waals surface area contributed by atoms with Crippen molar-refractivity contribution in [2.75, 3.05) is 20.3 Å². The van der Waals surface area contributed by atoms with Crippen molar-refractivity contribution in [3.05, 3.63) is 70.8 Å². The summed E-state index contributed by atoms with van der Waals surface area (Å²) < 4.78 is 5.59. The molecular weight excluding hydrogens is 418 g/mol. The van der Waals surface area contributed by atoms with E-state index in [1.54, 1.807) is 6.21 Å². The molecule has 174 valence electrons. The van der Waals surface area contributed by atoms with Gasteiger partial charge in [0, 0.05) is 11.1 Å². The van der Waals surface area contributed by atoms with Crippen LogP contribution in [-0.4, -0.2) is 38.1 Å². The van der Waals surface area contributed by atoms with E-state index < -0.39 is 0 Å². The molecule has 2 aromatic carbocycles. The Bertz CT molecular complexity index is 995. The number of benzene rings is 2. The number of nitrogens with zero attached hydrogens (tertiary/aromatic N) is 3. The van der Waals surface area contributed by atoms with Crippen LogP contribution < -0.4 is 0 Å². The molecular formula is C26H31N3O4. The van der Waals surface area contributed by atoms with E-state index in [1.807, 2.05) is 31.2 Å².